The molecule has 0 aliphatic heterocycles. The molecule has 3 nitrogen and oxygen atoms in total. The van der Waals surface area contributed by atoms with Crippen molar-refractivity contribution < 1.29 is 144 Å². The minimum Gasteiger partial charge on any atom is -0.871 e. The Labute approximate surface area is 217 Å². The first-order valence-electron chi connectivity index (χ1n) is 5.73. The van der Waals surface area contributed by atoms with Crippen molar-refractivity contribution in [1.29, 1.82) is 0 Å². The molecule has 0 aliphatic carbocycles. The van der Waals surface area contributed by atoms with E-state index in [9.17, 15) is 36.4 Å². The fourth-order valence-electron chi connectivity index (χ4n) is 1.99. The maximum atomic E-state index is 14.2. The van der Waals surface area contributed by atoms with Gasteiger partial charge in [-0.05, 0) is 0 Å². The molecule has 12 heteroatoms. The third-order valence-corrected chi connectivity index (χ3v) is 2.87. The number of hydrogen-bond acceptors (Lipinski definition) is 3. The number of hydrogen-bond donors (Lipinski definition) is 0. The summed E-state index contributed by atoms with van der Waals surface area (Å²) >= 11 is 0. The van der Waals surface area contributed by atoms with Crippen molar-refractivity contribution >= 4 is 18.1 Å². The third-order valence-electron chi connectivity index (χ3n) is 2.87. The second kappa shape index (κ2) is 10.2. The van der Waals surface area contributed by atoms with Crippen molar-refractivity contribution in [3.8, 4) is 0 Å². The number of benzene rings is 2. The zero-order valence-corrected chi connectivity index (χ0v) is 18.7. The molecule has 0 heterocycles. The van der Waals surface area contributed by atoms with Crippen LogP contribution in [0, 0.1) is 17.5 Å². The van der Waals surface area contributed by atoms with Crippen LogP contribution in [0.4, 0.5) is 26.3 Å². The van der Waals surface area contributed by atoms with Crippen LogP contribution in [-0.2, 0) is 4.65 Å². The van der Waals surface area contributed by atoms with Crippen molar-refractivity contribution in [1.82, 2.24) is 0 Å². The van der Waals surface area contributed by atoms with E-state index >= 15 is 0 Å². The van der Waals surface area contributed by atoms with E-state index in [0.717, 1.165) is 12.1 Å². The molecule has 0 fully saturated rings. The van der Waals surface area contributed by atoms with E-state index in [1.165, 1.54) is 12.1 Å². The Kier molecular flexibility index (Phi) is 10.8. The molecule has 0 saturated heterocycles. The summed E-state index contributed by atoms with van der Waals surface area (Å²) in [6, 6.07) is 4.32. The van der Waals surface area contributed by atoms with Crippen LogP contribution in [0.1, 0.15) is 11.7 Å². The molecule has 118 valence electrons. The second-order valence-corrected chi connectivity index (χ2v) is 4.25. The van der Waals surface area contributed by atoms with Gasteiger partial charge in [0.1, 0.15) is 5.82 Å². The molecule has 0 saturated carbocycles. The molecule has 1 atom stereocenters. The van der Waals surface area contributed by atoms with E-state index in [4.69, 9.17) is 0 Å². The molecule has 24 heavy (non-hydrogen) atoms. The van der Waals surface area contributed by atoms with Crippen molar-refractivity contribution in [2.75, 3.05) is 0 Å². The molecule has 0 aromatic heterocycles. The zero-order chi connectivity index (χ0) is 16.7. The van der Waals surface area contributed by atoms with Gasteiger partial charge in [0.05, 0.1) is 12.9 Å². The van der Waals surface area contributed by atoms with Gasteiger partial charge in [-0.15, -0.1) is 0 Å². The molecule has 1 unspecified atom stereocenters. The van der Waals surface area contributed by atoms with Gasteiger partial charge in [0.15, 0.2) is 17.7 Å². The molecule has 0 radical (unpaired) electrons. The maximum absolute atomic E-state index is 14.2. The van der Waals surface area contributed by atoms with Crippen LogP contribution >= 0.6 is 0 Å². The van der Waals surface area contributed by atoms with Gasteiger partial charge in [0, 0.05) is 10.8 Å². The molecular formula is C12H5BF6K2O3. The van der Waals surface area contributed by atoms with Crippen LogP contribution < -0.4 is 113 Å². The van der Waals surface area contributed by atoms with Gasteiger partial charge < -0.3 is 14.7 Å². The normalized spacial score (nSPS) is 12.3. The van der Waals surface area contributed by atoms with Gasteiger partial charge in [0.2, 0.25) is 0 Å². The van der Waals surface area contributed by atoms with Crippen LogP contribution in [0.5, 0.6) is 0 Å². The van der Waals surface area contributed by atoms with Crippen LogP contribution in [0.15, 0.2) is 24.3 Å². The van der Waals surface area contributed by atoms with Gasteiger partial charge in [0.25, 0.3) is 0 Å². The minimum absolute atomic E-state index is 0. The Hall–Kier alpha value is 1.50. The standard InChI is InChI=1S/C12H5BF6O3.2K/c14-8-5-3-1-2-4-6(5)9(15)10(16)7(8)11(12(17,18)19)22-13(20)21;;/h1-4,11H;;/q-2;2*+1. The van der Waals surface area contributed by atoms with Crippen molar-refractivity contribution in [2.45, 2.75) is 12.3 Å². The summed E-state index contributed by atoms with van der Waals surface area (Å²) in [6.07, 6.45) is -8.99. The van der Waals surface area contributed by atoms with Gasteiger partial charge in [-0.25, -0.2) is 13.2 Å². The van der Waals surface area contributed by atoms with E-state index in [-0.39, 0.29) is 103 Å². The summed E-state index contributed by atoms with van der Waals surface area (Å²) in [5.74, 6) is -5.66. The summed E-state index contributed by atoms with van der Waals surface area (Å²) in [6.45, 7) is 0. The molecule has 0 aliphatic rings. The van der Waals surface area contributed by atoms with Crippen LogP contribution in [0.2, 0.25) is 0 Å². The van der Waals surface area contributed by atoms with Gasteiger partial charge in [-0.2, -0.15) is 13.2 Å². The first-order valence-corrected chi connectivity index (χ1v) is 5.73. The fourth-order valence-corrected chi connectivity index (χ4v) is 1.99. The molecule has 0 amide bonds. The quantitative estimate of drug-likeness (QED) is 0.297. The summed E-state index contributed by atoms with van der Waals surface area (Å²) in [5, 5.41) is 19.4. The topological polar surface area (TPSA) is 55.3 Å². The van der Waals surface area contributed by atoms with Crippen molar-refractivity contribution in [2.24, 2.45) is 0 Å². The summed E-state index contributed by atoms with van der Waals surface area (Å²) in [5.41, 5.74) is -1.86. The minimum atomic E-state index is -5.48. The van der Waals surface area contributed by atoms with Crippen LogP contribution in [0.3, 0.4) is 0 Å². The summed E-state index contributed by atoms with van der Waals surface area (Å²) < 4.78 is 83.7. The average Bonchev–Trinajstić information content (AvgIpc) is 2.42. The first kappa shape index (κ1) is 25.5. The molecular weight excluding hydrogens is 395 g/mol. The number of rotatable bonds is 3. The Balaban J connectivity index is 0.00000264. The Morgan fingerprint density at radius 3 is 1.75 bits per heavy atom. The molecule has 2 aromatic rings. The Morgan fingerprint density at radius 1 is 0.875 bits per heavy atom. The fraction of sp³-hybridized carbons (Fsp3) is 0.167. The maximum Gasteiger partial charge on any atom is 1.00 e. The van der Waals surface area contributed by atoms with E-state index in [2.05, 4.69) is 4.65 Å². The second-order valence-electron chi connectivity index (χ2n) is 4.25. The molecule has 2 aromatic carbocycles. The van der Waals surface area contributed by atoms with Crippen LogP contribution in [-0.4, -0.2) is 13.5 Å². The van der Waals surface area contributed by atoms with Crippen molar-refractivity contribution in [3.05, 3.63) is 47.3 Å². The predicted octanol–water partition coefficient (Wildman–Crippen LogP) is -4.41. The van der Waals surface area contributed by atoms with Gasteiger partial charge in [-0.1, -0.05) is 24.3 Å². The molecule has 0 N–H and O–H groups in total. The summed E-state index contributed by atoms with van der Waals surface area (Å²) in [7, 11) is -3.46. The van der Waals surface area contributed by atoms with Gasteiger partial charge >= 0.3 is 109 Å². The average molecular weight is 400 g/mol. The molecule has 2 rings (SSSR count). The largest absolute Gasteiger partial charge is 1.00 e. The SMILES string of the molecule is [K+].[K+].[O-]B([O-])OC(c1c(F)c(F)c2ccccc2c1F)C(F)(F)F. The third kappa shape index (κ3) is 5.50. The number of halogens is 6. The number of fused-ring (bicyclic) bond motifs is 1. The summed E-state index contributed by atoms with van der Waals surface area (Å²) in [4.78, 5) is 0. The van der Waals surface area contributed by atoms with E-state index < -0.39 is 53.4 Å². The Morgan fingerprint density at radius 2 is 1.33 bits per heavy atom. The molecule has 0 bridgehead atoms. The monoisotopic (exact) mass is 400 g/mol. The van der Waals surface area contributed by atoms with E-state index in [1.54, 1.807) is 0 Å². The molecule has 0 spiro atoms. The smallest absolute Gasteiger partial charge is 0.871 e. The van der Waals surface area contributed by atoms with Gasteiger partial charge in [-0.3, -0.25) is 0 Å². The predicted molar refractivity (Wildman–Crippen MR) is 59.5 cm³/mol. The van der Waals surface area contributed by atoms with E-state index in [1.807, 2.05) is 0 Å². The van der Waals surface area contributed by atoms with E-state index in [0.29, 0.717) is 0 Å². The zero-order valence-electron chi connectivity index (χ0n) is 12.5. The first-order chi connectivity index (χ1) is 10.1. The Bertz CT molecular complexity index is 713. The van der Waals surface area contributed by atoms with Crippen LogP contribution in [0.25, 0.3) is 10.8 Å². The van der Waals surface area contributed by atoms with Crippen molar-refractivity contribution in [3.63, 3.8) is 0 Å². The number of alkyl halides is 3.